The molecule has 0 spiro atoms. The Labute approximate surface area is 117 Å². The first-order valence-corrected chi connectivity index (χ1v) is 6.34. The molecule has 3 N–H and O–H groups in total. The highest BCUT2D eigenvalue weighted by atomic mass is 16.3. The van der Waals surface area contributed by atoms with Gasteiger partial charge in [-0.1, -0.05) is 18.2 Å². The number of para-hydroxylation sites is 1. The second-order valence-electron chi connectivity index (χ2n) is 4.54. The van der Waals surface area contributed by atoms with Gasteiger partial charge in [0.15, 0.2) is 0 Å². The van der Waals surface area contributed by atoms with Gasteiger partial charge in [-0.05, 0) is 12.5 Å². The van der Waals surface area contributed by atoms with Crippen LogP contribution in [0.2, 0.25) is 0 Å². The number of aromatic nitrogens is 2. The number of carbonyl (C=O) groups excluding carboxylic acids is 1. The molecular formula is C14H18N4O2. The number of phenols is 1. The third kappa shape index (κ3) is 3.28. The van der Waals surface area contributed by atoms with Crippen LogP contribution < -0.4 is 10.6 Å². The summed E-state index contributed by atoms with van der Waals surface area (Å²) in [5.74, 6) is 0.203. The zero-order valence-electron chi connectivity index (χ0n) is 11.6. The molecule has 1 aromatic heterocycles. The van der Waals surface area contributed by atoms with E-state index >= 15 is 0 Å². The molecule has 1 aromatic carbocycles. The van der Waals surface area contributed by atoms with Gasteiger partial charge in [0.25, 0.3) is 0 Å². The molecule has 0 aliphatic carbocycles. The standard InChI is InChI=1S/C14H18N4O2/c1-10-4-3-5-11(14(10)20)6-16-12-7-17-18(8-12)9-13(19)15-2/h3-5,7-8,16,20H,6,9H2,1-2H3,(H,15,19). The summed E-state index contributed by atoms with van der Waals surface area (Å²) in [5, 5.41) is 19.7. The van der Waals surface area contributed by atoms with E-state index in [0.717, 1.165) is 16.8 Å². The fourth-order valence-electron chi connectivity index (χ4n) is 1.83. The quantitative estimate of drug-likeness (QED) is 0.767. The molecule has 2 aromatic rings. The Morgan fingerprint density at radius 2 is 2.25 bits per heavy atom. The van der Waals surface area contributed by atoms with Crippen molar-refractivity contribution in [3.05, 3.63) is 41.7 Å². The highest BCUT2D eigenvalue weighted by Crippen LogP contribution is 2.22. The maximum atomic E-state index is 11.2. The molecule has 0 saturated heterocycles. The molecule has 2 rings (SSSR count). The average Bonchev–Trinajstić information content (AvgIpc) is 2.88. The number of aromatic hydroxyl groups is 1. The minimum absolute atomic E-state index is 0.101. The number of benzene rings is 1. The molecule has 6 nitrogen and oxygen atoms in total. The maximum absolute atomic E-state index is 11.2. The molecule has 1 amide bonds. The van der Waals surface area contributed by atoms with E-state index < -0.39 is 0 Å². The highest BCUT2D eigenvalue weighted by Gasteiger charge is 2.05. The third-order valence-corrected chi connectivity index (χ3v) is 3.02. The van der Waals surface area contributed by atoms with E-state index in [1.54, 1.807) is 24.1 Å². The van der Waals surface area contributed by atoms with Crippen molar-refractivity contribution in [3.63, 3.8) is 0 Å². The van der Waals surface area contributed by atoms with E-state index in [1.165, 1.54) is 0 Å². The Hall–Kier alpha value is -2.50. The average molecular weight is 274 g/mol. The minimum atomic E-state index is -0.101. The highest BCUT2D eigenvalue weighted by molar-refractivity contribution is 5.75. The van der Waals surface area contributed by atoms with Crippen molar-refractivity contribution in [2.75, 3.05) is 12.4 Å². The Kier molecular flexibility index (Phi) is 4.24. The van der Waals surface area contributed by atoms with Crippen molar-refractivity contribution >= 4 is 11.6 Å². The van der Waals surface area contributed by atoms with Crippen LogP contribution in [0.5, 0.6) is 5.75 Å². The van der Waals surface area contributed by atoms with Crippen molar-refractivity contribution in [2.24, 2.45) is 0 Å². The summed E-state index contributed by atoms with van der Waals surface area (Å²) in [7, 11) is 1.59. The summed E-state index contributed by atoms with van der Waals surface area (Å²) in [5.41, 5.74) is 2.47. The van der Waals surface area contributed by atoms with E-state index in [1.807, 2.05) is 25.1 Å². The molecule has 0 radical (unpaired) electrons. The predicted molar refractivity (Wildman–Crippen MR) is 76.5 cm³/mol. The molecule has 0 aliphatic rings. The van der Waals surface area contributed by atoms with Crippen molar-refractivity contribution in [1.82, 2.24) is 15.1 Å². The number of anilines is 1. The molecule has 106 valence electrons. The van der Waals surface area contributed by atoms with Gasteiger partial charge in [-0.3, -0.25) is 9.48 Å². The second kappa shape index (κ2) is 6.10. The van der Waals surface area contributed by atoms with E-state index in [9.17, 15) is 9.90 Å². The van der Waals surface area contributed by atoms with Crippen LogP contribution >= 0.6 is 0 Å². The Morgan fingerprint density at radius 1 is 1.45 bits per heavy atom. The summed E-state index contributed by atoms with van der Waals surface area (Å²) in [6.07, 6.45) is 3.40. The van der Waals surface area contributed by atoms with Crippen LogP contribution in [0.25, 0.3) is 0 Å². The minimum Gasteiger partial charge on any atom is -0.507 e. The van der Waals surface area contributed by atoms with Gasteiger partial charge in [-0.25, -0.2) is 0 Å². The molecule has 20 heavy (non-hydrogen) atoms. The van der Waals surface area contributed by atoms with Crippen molar-refractivity contribution in [2.45, 2.75) is 20.0 Å². The third-order valence-electron chi connectivity index (χ3n) is 3.02. The van der Waals surface area contributed by atoms with Gasteiger partial charge in [-0.2, -0.15) is 5.10 Å². The smallest absolute Gasteiger partial charge is 0.241 e. The van der Waals surface area contributed by atoms with Crippen LogP contribution in [0.4, 0.5) is 5.69 Å². The SMILES string of the molecule is CNC(=O)Cn1cc(NCc2cccc(C)c2O)cn1. The number of carbonyl (C=O) groups is 1. The number of amides is 1. The fourth-order valence-corrected chi connectivity index (χ4v) is 1.83. The number of nitrogens with one attached hydrogen (secondary N) is 2. The topological polar surface area (TPSA) is 79.2 Å². The molecule has 0 atom stereocenters. The van der Waals surface area contributed by atoms with Crippen LogP contribution in [0, 0.1) is 6.92 Å². The van der Waals surface area contributed by atoms with Gasteiger partial charge in [0.05, 0.1) is 11.9 Å². The monoisotopic (exact) mass is 274 g/mol. The lowest BCUT2D eigenvalue weighted by atomic mass is 10.1. The van der Waals surface area contributed by atoms with Gasteiger partial charge in [0.1, 0.15) is 12.3 Å². The van der Waals surface area contributed by atoms with Crippen LogP contribution in [-0.4, -0.2) is 27.8 Å². The van der Waals surface area contributed by atoms with Gasteiger partial charge < -0.3 is 15.7 Å². The number of likely N-dealkylation sites (N-methyl/N-ethyl adjacent to an activating group) is 1. The molecule has 6 heteroatoms. The Bertz CT molecular complexity index is 607. The van der Waals surface area contributed by atoms with E-state index in [4.69, 9.17) is 0 Å². The fraction of sp³-hybridized carbons (Fsp3) is 0.286. The molecule has 0 saturated carbocycles. The van der Waals surface area contributed by atoms with Crippen LogP contribution in [0.1, 0.15) is 11.1 Å². The maximum Gasteiger partial charge on any atom is 0.241 e. The van der Waals surface area contributed by atoms with E-state index in [-0.39, 0.29) is 12.5 Å². The summed E-state index contributed by atoms with van der Waals surface area (Å²) < 4.78 is 1.55. The number of nitrogens with zero attached hydrogens (tertiary/aromatic N) is 2. The lowest BCUT2D eigenvalue weighted by molar-refractivity contribution is -0.121. The van der Waals surface area contributed by atoms with Crippen LogP contribution in [0.15, 0.2) is 30.6 Å². The number of hydrogen-bond acceptors (Lipinski definition) is 4. The summed E-state index contributed by atoms with van der Waals surface area (Å²) in [6, 6.07) is 5.63. The first kappa shape index (κ1) is 13.9. The first-order chi connectivity index (χ1) is 9.60. The van der Waals surface area contributed by atoms with Crippen LogP contribution in [0.3, 0.4) is 0 Å². The molecular weight excluding hydrogens is 256 g/mol. The lowest BCUT2D eigenvalue weighted by Crippen LogP contribution is -2.23. The second-order valence-corrected chi connectivity index (χ2v) is 4.54. The number of aryl methyl sites for hydroxylation is 1. The predicted octanol–water partition coefficient (Wildman–Crippen LogP) is 1.26. The Morgan fingerprint density at radius 3 is 3.00 bits per heavy atom. The molecule has 0 aliphatic heterocycles. The Balaban J connectivity index is 1.97. The largest absolute Gasteiger partial charge is 0.507 e. The number of rotatable bonds is 5. The molecule has 0 unspecified atom stereocenters. The zero-order chi connectivity index (χ0) is 14.5. The normalized spacial score (nSPS) is 10.3. The van der Waals surface area contributed by atoms with Crippen molar-refractivity contribution in [3.8, 4) is 5.75 Å². The van der Waals surface area contributed by atoms with Gasteiger partial charge in [0, 0.05) is 25.4 Å². The molecule has 0 bridgehead atoms. The summed E-state index contributed by atoms with van der Waals surface area (Å²) >= 11 is 0. The van der Waals surface area contributed by atoms with E-state index in [2.05, 4.69) is 15.7 Å². The summed E-state index contributed by atoms with van der Waals surface area (Å²) in [6.45, 7) is 2.55. The van der Waals surface area contributed by atoms with E-state index in [0.29, 0.717) is 12.3 Å². The number of phenolic OH excluding ortho intramolecular Hbond substituents is 1. The number of hydrogen-bond donors (Lipinski definition) is 3. The first-order valence-electron chi connectivity index (χ1n) is 6.34. The molecule has 1 heterocycles. The van der Waals surface area contributed by atoms with Crippen LogP contribution in [-0.2, 0) is 17.9 Å². The molecule has 0 fully saturated rings. The van der Waals surface area contributed by atoms with Gasteiger partial charge >= 0.3 is 0 Å². The van der Waals surface area contributed by atoms with Gasteiger partial charge in [0.2, 0.25) is 5.91 Å². The van der Waals surface area contributed by atoms with Crippen molar-refractivity contribution < 1.29 is 9.90 Å². The van der Waals surface area contributed by atoms with Crippen molar-refractivity contribution in [1.29, 1.82) is 0 Å². The lowest BCUT2D eigenvalue weighted by Gasteiger charge is -2.08. The summed E-state index contributed by atoms with van der Waals surface area (Å²) in [4.78, 5) is 11.2. The zero-order valence-corrected chi connectivity index (χ0v) is 11.6. The van der Waals surface area contributed by atoms with Gasteiger partial charge in [-0.15, -0.1) is 0 Å².